The summed E-state index contributed by atoms with van der Waals surface area (Å²) in [7, 11) is 0. The van der Waals surface area contributed by atoms with Gasteiger partial charge in [-0.25, -0.2) is 9.97 Å². The normalized spacial score (nSPS) is 19.3. The van der Waals surface area contributed by atoms with E-state index < -0.39 is 0 Å². The van der Waals surface area contributed by atoms with Gasteiger partial charge in [0.05, 0.1) is 5.69 Å². The number of halogens is 1. The maximum atomic E-state index is 13.5. The molecule has 1 aromatic heterocycles. The van der Waals surface area contributed by atoms with Crippen molar-refractivity contribution in [3.63, 3.8) is 0 Å². The van der Waals surface area contributed by atoms with Crippen LogP contribution in [0.4, 0.5) is 4.39 Å². The van der Waals surface area contributed by atoms with Gasteiger partial charge < -0.3 is 0 Å². The first-order chi connectivity index (χ1) is 7.33. The van der Waals surface area contributed by atoms with Crippen molar-refractivity contribution < 1.29 is 4.39 Å². The Morgan fingerprint density at radius 1 is 1.27 bits per heavy atom. The summed E-state index contributed by atoms with van der Waals surface area (Å²) < 4.78 is 13.5. The molecule has 0 radical (unpaired) electrons. The zero-order valence-electron chi connectivity index (χ0n) is 8.50. The Morgan fingerprint density at radius 2 is 2.13 bits per heavy atom. The van der Waals surface area contributed by atoms with Crippen LogP contribution in [0.5, 0.6) is 0 Å². The smallest absolute Gasteiger partial charge is 0.220 e. The second kappa shape index (κ2) is 3.74. The molecule has 4 heteroatoms. The average molecular weight is 224 g/mol. The third-order valence-electron chi connectivity index (χ3n) is 3.05. The van der Waals surface area contributed by atoms with Crippen LogP contribution in [-0.4, -0.2) is 9.97 Å². The lowest BCUT2D eigenvalue weighted by atomic mass is 10.2. The Morgan fingerprint density at radius 3 is 2.93 bits per heavy atom. The molecule has 3 rings (SSSR count). The topological polar surface area (TPSA) is 25.8 Å². The molecule has 2 nitrogen and oxygen atoms in total. The summed E-state index contributed by atoms with van der Waals surface area (Å²) in [6.45, 7) is 0. The second-order valence-corrected chi connectivity index (χ2v) is 5.32. The highest BCUT2D eigenvalue weighted by Crippen LogP contribution is 2.34. The van der Waals surface area contributed by atoms with Crippen LogP contribution in [0.3, 0.4) is 0 Å². The predicted molar refractivity (Wildman–Crippen MR) is 58.0 cm³/mol. The van der Waals surface area contributed by atoms with Crippen molar-refractivity contribution in [2.75, 3.05) is 0 Å². The number of aromatic nitrogens is 2. The van der Waals surface area contributed by atoms with E-state index in [4.69, 9.17) is 0 Å². The van der Waals surface area contributed by atoms with Gasteiger partial charge in [-0.05, 0) is 12.3 Å². The number of aryl methyl sites for hydroxylation is 1. The van der Waals surface area contributed by atoms with Crippen molar-refractivity contribution in [3.8, 4) is 0 Å². The van der Waals surface area contributed by atoms with Crippen molar-refractivity contribution >= 4 is 11.8 Å². The molecule has 0 N–H and O–H groups in total. The second-order valence-electron chi connectivity index (χ2n) is 4.33. The lowest BCUT2D eigenvalue weighted by molar-refractivity contribution is 0.551. The van der Waals surface area contributed by atoms with Crippen LogP contribution in [0.1, 0.15) is 36.3 Å². The van der Waals surface area contributed by atoms with Gasteiger partial charge in [-0.15, -0.1) is 0 Å². The Balaban J connectivity index is 1.79. The van der Waals surface area contributed by atoms with E-state index in [2.05, 4.69) is 9.97 Å². The van der Waals surface area contributed by atoms with Crippen LogP contribution in [0.25, 0.3) is 0 Å². The van der Waals surface area contributed by atoms with Crippen molar-refractivity contribution in [1.82, 2.24) is 9.97 Å². The highest BCUT2D eigenvalue weighted by atomic mass is 32.2. The molecule has 2 heterocycles. The lowest BCUT2D eigenvalue weighted by Gasteiger charge is -2.03. The molecule has 0 atom stereocenters. The number of fused-ring (bicyclic) bond motifs is 1. The molecule has 1 saturated carbocycles. The fraction of sp³-hybridized carbons (Fsp3) is 0.636. The standard InChI is InChI=1S/C11H13FN2S/c12-11-8-5-15-6-9(8)13-10(14-11)4-3-7-1-2-7/h7H,1-6H2. The zero-order valence-corrected chi connectivity index (χ0v) is 9.32. The van der Waals surface area contributed by atoms with E-state index in [0.29, 0.717) is 5.82 Å². The van der Waals surface area contributed by atoms with Gasteiger partial charge >= 0.3 is 0 Å². The lowest BCUT2D eigenvalue weighted by Crippen LogP contribution is -2.04. The first-order valence-electron chi connectivity index (χ1n) is 5.45. The molecular weight excluding hydrogens is 211 g/mol. The molecule has 2 aliphatic rings. The number of nitrogens with zero attached hydrogens (tertiary/aromatic N) is 2. The van der Waals surface area contributed by atoms with Crippen LogP contribution < -0.4 is 0 Å². The minimum absolute atomic E-state index is 0.282. The van der Waals surface area contributed by atoms with Crippen molar-refractivity contribution in [2.24, 2.45) is 5.92 Å². The minimum Gasteiger partial charge on any atom is -0.237 e. The molecular formula is C11H13FN2S. The summed E-state index contributed by atoms with van der Waals surface area (Å²) in [5.74, 6) is 2.88. The summed E-state index contributed by atoms with van der Waals surface area (Å²) in [5.41, 5.74) is 1.66. The van der Waals surface area contributed by atoms with Crippen LogP contribution in [0, 0.1) is 11.9 Å². The fourth-order valence-electron chi connectivity index (χ4n) is 1.91. The van der Waals surface area contributed by atoms with E-state index in [1.807, 2.05) is 0 Å². The van der Waals surface area contributed by atoms with E-state index >= 15 is 0 Å². The number of hydrogen-bond acceptors (Lipinski definition) is 3. The summed E-state index contributed by atoms with van der Waals surface area (Å²) in [6, 6.07) is 0. The largest absolute Gasteiger partial charge is 0.237 e. The Bertz CT molecular complexity index is 390. The maximum absolute atomic E-state index is 13.5. The number of hydrogen-bond donors (Lipinski definition) is 0. The quantitative estimate of drug-likeness (QED) is 0.738. The van der Waals surface area contributed by atoms with Crippen molar-refractivity contribution in [2.45, 2.75) is 37.2 Å². The Labute approximate surface area is 92.7 Å². The third kappa shape index (κ3) is 2.00. The summed E-state index contributed by atoms with van der Waals surface area (Å²) in [5, 5.41) is 0. The molecule has 0 saturated heterocycles. The molecule has 0 unspecified atom stereocenters. The van der Waals surface area contributed by atoms with E-state index in [9.17, 15) is 4.39 Å². The molecule has 1 aromatic rings. The first-order valence-corrected chi connectivity index (χ1v) is 6.60. The molecule has 0 aromatic carbocycles. The Hall–Kier alpha value is -0.640. The molecule has 0 spiro atoms. The molecule has 1 aliphatic carbocycles. The van der Waals surface area contributed by atoms with Gasteiger partial charge in [-0.3, -0.25) is 0 Å². The van der Waals surface area contributed by atoms with Crippen molar-refractivity contribution in [1.29, 1.82) is 0 Å². The average Bonchev–Trinajstić information content (AvgIpc) is 2.93. The monoisotopic (exact) mass is 224 g/mol. The van der Waals surface area contributed by atoms with Crippen LogP contribution in [-0.2, 0) is 17.9 Å². The van der Waals surface area contributed by atoms with Crippen LogP contribution >= 0.6 is 11.8 Å². The summed E-state index contributed by atoms with van der Waals surface area (Å²) in [4.78, 5) is 8.40. The van der Waals surface area contributed by atoms with Gasteiger partial charge in [0.25, 0.3) is 0 Å². The van der Waals surface area contributed by atoms with Gasteiger partial charge in [-0.1, -0.05) is 12.8 Å². The third-order valence-corrected chi connectivity index (χ3v) is 4.02. The highest BCUT2D eigenvalue weighted by Gasteiger charge is 2.23. The molecule has 1 fully saturated rings. The molecule has 0 bridgehead atoms. The van der Waals surface area contributed by atoms with Gasteiger partial charge in [0.1, 0.15) is 5.82 Å². The summed E-state index contributed by atoms with van der Waals surface area (Å²) in [6.07, 6.45) is 4.65. The molecule has 0 amide bonds. The van der Waals surface area contributed by atoms with E-state index in [1.54, 1.807) is 11.8 Å². The minimum atomic E-state index is -0.282. The molecule has 80 valence electrons. The highest BCUT2D eigenvalue weighted by molar-refractivity contribution is 7.98. The molecule has 15 heavy (non-hydrogen) atoms. The maximum Gasteiger partial charge on any atom is 0.220 e. The Kier molecular flexibility index (Phi) is 2.39. The SMILES string of the molecule is Fc1nc(CCC2CC2)nc2c1CSC2. The fourth-order valence-corrected chi connectivity index (χ4v) is 2.94. The van der Waals surface area contributed by atoms with Gasteiger partial charge in [0.15, 0.2) is 0 Å². The van der Waals surface area contributed by atoms with E-state index in [0.717, 1.165) is 41.5 Å². The van der Waals surface area contributed by atoms with Gasteiger partial charge in [0.2, 0.25) is 5.95 Å². The summed E-state index contributed by atoms with van der Waals surface area (Å²) >= 11 is 1.72. The zero-order chi connectivity index (χ0) is 10.3. The van der Waals surface area contributed by atoms with Crippen LogP contribution in [0.15, 0.2) is 0 Å². The van der Waals surface area contributed by atoms with Crippen molar-refractivity contribution in [3.05, 3.63) is 23.0 Å². The van der Waals surface area contributed by atoms with Gasteiger partial charge in [-0.2, -0.15) is 16.2 Å². The van der Waals surface area contributed by atoms with E-state index in [1.165, 1.54) is 12.8 Å². The number of thioether (sulfide) groups is 1. The van der Waals surface area contributed by atoms with Gasteiger partial charge in [0, 0.05) is 23.5 Å². The number of rotatable bonds is 3. The molecule has 1 aliphatic heterocycles. The van der Waals surface area contributed by atoms with Crippen LogP contribution in [0.2, 0.25) is 0 Å². The van der Waals surface area contributed by atoms with E-state index in [-0.39, 0.29) is 5.95 Å². The first kappa shape index (κ1) is 9.58. The predicted octanol–water partition coefficient (Wildman–Crippen LogP) is 2.71.